The van der Waals surface area contributed by atoms with Gasteiger partial charge in [-0.2, -0.15) is 0 Å². The van der Waals surface area contributed by atoms with Crippen LogP contribution in [-0.4, -0.2) is 8.07 Å². The molecule has 3 heteroatoms. The zero-order chi connectivity index (χ0) is 34.9. The number of hydrogen-bond acceptors (Lipinski definition) is 2. The standard InChI is InChI=1S/C50H33NSSi/c1-2-15-37(16-3-1)51(44-32-36-14-4-5-17-39(36)40-18-6-7-19-41(40)44)38-29-26-34(27-30-38)35-28-31-50-46(33-35)52-45-22-10-13-25-49(45)53(50)47-23-11-8-20-42(47)43-21-9-12-24-48(43)53/h1-33H. The normalized spacial score (nSPS) is 13.4. The van der Waals surface area contributed by atoms with E-state index in [1.165, 1.54) is 80.0 Å². The van der Waals surface area contributed by atoms with Crippen molar-refractivity contribution in [1.82, 2.24) is 0 Å². The van der Waals surface area contributed by atoms with Crippen LogP contribution in [0.2, 0.25) is 0 Å². The zero-order valence-corrected chi connectivity index (χ0v) is 30.7. The van der Waals surface area contributed by atoms with Crippen LogP contribution < -0.4 is 25.6 Å². The van der Waals surface area contributed by atoms with Gasteiger partial charge in [-0.05, 0) is 102 Å². The summed E-state index contributed by atoms with van der Waals surface area (Å²) < 4.78 is 0. The van der Waals surface area contributed by atoms with Crippen LogP contribution in [0.15, 0.2) is 210 Å². The molecule has 9 aromatic rings. The molecule has 2 aliphatic rings. The number of rotatable bonds is 4. The third kappa shape index (κ3) is 4.51. The number of benzene rings is 9. The number of hydrogen-bond donors (Lipinski definition) is 0. The monoisotopic (exact) mass is 707 g/mol. The fourth-order valence-corrected chi connectivity index (χ4v) is 16.5. The first kappa shape index (κ1) is 30.5. The highest BCUT2D eigenvalue weighted by Crippen LogP contribution is 2.43. The van der Waals surface area contributed by atoms with Gasteiger partial charge in [0.25, 0.3) is 0 Å². The predicted molar refractivity (Wildman–Crippen MR) is 228 cm³/mol. The van der Waals surface area contributed by atoms with Gasteiger partial charge < -0.3 is 4.90 Å². The highest BCUT2D eigenvalue weighted by molar-refractivity contribution is 8.00. The summed E-state index contributed by atoms with van der Waals surface area (Å²) in [5, 5.41) is 11.0. The first-order valence-electron chi connectivity index (χ1n) is 18.3. The molecule has 1 nitrogen and oxygen atoms in total. The fourth-order valence-electron chi connectivity index (χ4n) is 9.07. The van der Waals surface area contributed by atoms with E-state index < -0.39 is 8.07 Å². The summed E-state index contributed by atoms with van der Waals surface area (Å²) in [6.07, 6.45) is 0. The molecule has 0 amide bonds. The topological polar surface area (TPSA) is 3.24 Å². The van der Waals surface area contributed by atoms with Crippen LogP contribution in [0, 0.1) is 0 Å². The highest BCUT2D eigenvalue weighted by Gasteiger charge is 2.52. The molecule has 0 atom stereocenters. The number of fused-ring (bicyclic) bond motifs is 12. The molecule has 0 aromatic heterocycles. The van der Waals surface area contributed by atoms with Crippen molar-refractivity contribution in [2.24, 2.45) is 0 Å². The minimum Gasteiger partial charge on any atom is -0.310 e. The average molecular weight is 708 g/mol. The molecular weight excluding hydrogens is 675 g/mol. The Labute approximate surface area is 314 Å². The van der Waals surface area contributed by atoms with E-state index in [9.17, 15) is 0 Å². The summed E-state index contributed by atoms with van der Waals surface area (Å²) in [4.78, 5) is 5.16. The van der Waals surface area contributed by atoms with Gasteiger partial charge in [0.1, 0.15) is 0 Å². The van der Waals surface area contributed by atoms with E-state index >= 15 is 0 Å². The van der Waals surface area contributed by atoms with Crippen molar-refractivity contribution in [3.05, 3.63) is 200 Å². The molecule has 53 heavy (non-hydrogen) atoms. The van der Waals surface area contributed by atoms with Crippen molar-refractivity contribution < 1.29 is 0 Å². The number of para-hydroxylation sites is 1. The first-order valence-corrected chi connectivity index (χ1v) is 21.1. The van der Waals surface area contributed by atoms with Gasteiger partial charge >= 0.3 is 0 Å². The lowest BCUT2D eigenvalue weighted by molar-refractivity contribution is 1.30. The van der Waals surface area contributed by atoms with E-state index in [0.717, 1.165) is 11.4 Å². The van der Waals surface area contributed by atoms with E-state index in [1.807, 2.05) is 11.8 Å². The van der Waals surface area contributed by atoms with Gasteiger partial charge in [-0.15, -0.1) is 0 Å². The summed E-state index contributed by atoms with van der Waals surface area (Å²) >= 11 is 1.93. The molecule has 2 aliphatic heterocycles. The van der Waals surface area contributed by atoms with Gasteiger partial charge in [0.2, 0.25) is 0 Å². The maximum atomic E-state index is 2.46. The Morgan fingerprint density at radius 2 is 0.906 bits per heavy atom. The van der Waals surface area contributed by atoms with E-state index in [1.54, 1.807) is 0 Å². The second-order valence-corrected chi connectivity index (χ2v) is 18.8. The van der Waals surface area contributed by atoms with Crippen LogP contribution in [0.5, 0.6) is 0 Å². The van der Waals surface area contributed by atoms with Gasteiger partial charge in [-0.3, -0.25) is 0 Å². The molecule has 0 bridgehead atoms. The molecule has 0 saturated carbocycles. The number of anilines is 3. The van der Waals surface area contributed by atoms with Crippen LogP contribution in [0.4, 0.5) is 17.1 Å². The molecule has 0 saturated heterocycles. The average Bonchev–Trinajstić information content (AvgIpc) is 3.52. The SMILES string of the molecule is c1ccc(N(c2ccc(-c3ccc4c(c3)Sc3ccccc3[Si]43c4ccccc4-c4ccccc43)cc2)c2cc3ccccc3c3ccccc23)cc1. The minimum atomic E-state index is -2.49. The summed E-state index contributed by atoms with van der Waals surface area (Å²) in [5.41, 5.74) is 8.69. The van der Waals surface area contributed by atoms with Crippen molar-refractivity contribution in [1.29, 1.82) is 0 Å². The Morgan fingerprint density at radius 3 is 1.66 bits per heavy atom. The smallest absolute Gasteiger partial charge is 0.183 e. The lowest BCUT2D eigenvalue weighted by Gasteiger charge is -2.37. The Morgan fingerprint density at radius 1 is 0.358 bits per heavy atom. The van der Waals surface area contributed by atoms with Crippen LogP contribution in [0.3, 0.4) is 0 Å². The summed E-state index contributed by atoms with van der Waals surface area (Å²) in [5.74, 6) is 0. The second kappa shape index (κ2) is 12.0. The molecular formula is C50H33NSSi. The van der Waals surface area contributed by atoms with Crippen LogP contribution in [-0.2, 0) is 0 Å². The molecule has 2 heterocycles. The van der Waals surface area contributed by atoms with Crippen molar-refractivity contribution >= 4 is 79.2 Å². The Balaban J connectivity index is 1.05. The molecule has 0 N–H and O–H groups in total. The van der Waals surface area contributed by atoms with Crippen molar-refractivity contribution in [3.8, 4) is 22.3 Å². The Bertz CT molecular complexity index is 2830. The summed E-state index contributed by atoms with van der Waals surface area (Å²) in [6.45, 7) is 0. The van der Waals surface area contributed by atoms with Gasteiger partial charge in [0, 0.05) is 26.6 Å². The van der Waals surface area contributed by atoms with Crippen molar-refractivity contribution in [2.45, 2.75) is 9.79 Å². The van der Waals surface area contributed by atoms with E-state index in [0.29, 0.717) is 0 Å². The Hall–Kier alpha value is -6.13. The molecule has 0 unspecified atom stereocenters. The number of nitrogens with zero attached hydrogens (tertiary/aromatic N) is 1. The lowest BCUT2D eigenvalue weighted by Crippen LogP contribution is -2.74. The summed E-state index contributed by atoms with van der Waals surface area (Å²) in [6, 6.07) is 74.5. The molecule has 9 aromatic carbocycles. The van der Waals surface area contributed by atoms with E-state index in [-0.39, 0.29) is 0 Å². The molecule has 1 spiro atoms. The van der Waals surface area contributed by atoms with Gasteiger partial charge in [-0.25, -0.2) is 0 Å². The van der Waals surface area contributed by atoms with E-state index in [2.05, 4.69) is 205 Å². The fraction of sp³-hybridized carbons (Fsp3) is 0. The second-order valence-electron chi connectivity index (χ2n) is 14.0. The first-order chi connectivity index (χ1) is 26.3. The maximum absolute atomic E-state index is 2.49. The molecule has 248 valence electrons. The molecule has 0 aliphatic carbocycles. The van der Waals surface area contributed by atoms with Crippen LogP contribution >= 0.6 is 11.8 Å². The van der Waals surface area contributed by atoms with Crippen LogP contribution in [0.1, 0.15) is 0 Å². The van der Waals surface area contributed by atoms with Crippen molar-refractivity contribution in [3.63, 3.8) is 0 Å². The summed E-state index contributed by atoms with van der Waals surface area (Å²) in [7, 11) is -2.49. The van der Waals surface area contributed by atoms with Crippen LogP contribution in [0.25, 0.3) is 43.8 Å². The largest absolute Gasteiger partial charge is 0.310 e. The lowest BCUT2D eigenvalue weighted by atomic mass is 9.98. The molecule has 0 fully saturated rings. The minimum absolute atomic E-state index is 1.13. The van der Waals surface area contributed by atoms with Gasteiger partial charge in [-0.1, -0.05) is 169 Å². The van der Waals surface area contributed by atoms with E-state index in [4.69, 9.17) is 0 Å². The van der Waals surface area contributed by atoms with Crippen molar-refractivity contribution in [2.75, 3.05) is 4.90 Å². The van der Waals surface area contributed by atoms with Gasteiger partial charge in [0.15, 0.2) is 8.07 Å². The van der Waals surface area contributed by atoms with Gasteiger partial charge in [0.05, 0.1) is 5.69 Å². The quantitative estimate of drug-likeness (QED) is 0.132. The molecule has 11 rings (SSSR count). The zero-order valence-electron chi connectivity index (χ0n) is 28.9. The molecule has 0 radical (unpaired) electrons. The highest BCUT2D eigenvalue weighted by atomic mass is 32.2. The maximum Gasteiger partial charge on any atom is 0.183 e. The Kier molecular flexibility index (Phi) is 6.88. The predicted octanol–water partition coefficient (Wildman–Crippen LogP) is 11.0. The third-order valence-corrected chi connectivity index (χ3v) is 17.8. The third-order valence-electron chi connectivity index (χ3n) is 11.3.